The number of ether oxygens (including phenoxy) is 1. The summed E-state index contributed by atoms with van der Waals surface area (Å²) in [5.74, 6) is -0.232. The molecule has 1 aliphatic carbocycles. The van der Waals surface area contributed by atoms with Gasteiger partial charge in [-0.3, -0.25) is 34.6 Å². The van der Waals surface area contributed by atoms with Gasteiger partial charge in [-0.2, -0.15) is 5.10 Å². The largest absolute Gasteiger partial charge is 0.490 e. The van der Waals surface area contributed by atoms with E-state index in [1.165, 1.54) is 17.8 Å². The molecule has 0 radical (unpaired) electrons. The predicted molar refractivity (Wildman–Crippen MR) is 304 cm³/mol. The minimum absolute atomic E-state index is 0.00143. The highest BCUT2D eigenvalue weighted by atomic mass is 32.1. The number of imide groups is 1. The Labute approximate surface area is 454 Å². The Hall–Kier alpha value is -7.17. The number of carboxylic acids is 1. The van der Waals surface area contributed by atoms with Gasteiger partial charge < -0.3 is 19.6 Å². The fourth-order valence-corrected chi connectivity index (χ4v) is 13.3. The molecule has 7 aromatic rings. The summed E-state index contributed by atoms with van der Waals surface area (Å²) in [5, 5.41) is 22.8. The number of aromatic nitrogens is 4. The van der Waals surface area contributed by atoms with Crippen LogP contribution in [0.25, 0.3) is 32.2 Å². The van der Waals surface area contributed by atoms with Crippen LogP contribution in [0.3, 0.4) is 0 Å². The average Bonchev–Trinajstić information content (AvgIpc) is 4.00. The lowest BCUT2D eigenvalue weighted by atomic mass is 9.80. The van der Waals surface area contributed by atoms with E-state index in [1.54, 1.807) is 0 Å². The summed E-state index contributed by atoms with van der Waals surface area (Å²) in [4.78, 5) is 68.7. The number of carboxylic acid groups (broad SMARTS) is 1. The number of para-hydroxylation sites is 2. The molecule has 400 valence electrons. The Bertz CT molecular complexity index is 3390. The number of nitrogens with one attached hydrogen (secondary N) is 2. The van der Waals surface area contributed by atoms with Crippen LogP contribution in [0.15, 0.2) is 84.9 Å². The minimum Gasteiger partial charge on any atom is -0.490 e. The summed E-state index contributed by atoms with van der Waals surface area (Å²) in [6.07, 6.45) is 8.07. The molecule has 4 aliphatic rings. The highest BCUT2D eigenvalue weighted by Crippen LogP contribution is 2.43. The van der Waals surface area contributed by atoms with Crippen molar-refractivity contribution in [3.8, 4) is 16.9 Å². The van der Waals surface area contributed by atoms with Crippen LogP contribution in [0.2, 0.25) is 0 Å². The number of rotatable bonds is 13. The number of nitrogens with zero attached hydrogens (tertiary/aromatic N) is 7. The number of hydrogen-bond donors (Lipinski definition) is 3. The molecule has 11 rings (SSSR count). The van der Waals surface area contributed by atoms with E-state index < -0.39 is 17.3 Å². The van der Waals surface area contributed by atoms with Crippen LogP contribution in [0.4, 0.5) is 16.6 Å². The Balaban J connectivity index is 0.718. The first kappa shape index (κ1) is 51.9. The van der Waals surface area contributed by atoms with Gasteiger partial charge in [-0.1, -0.05) is 80.6 Å². The Kier molecular flexibility index (Phi) is 14.4. The summed E-state index contributed by atoms with van der Waals surface area (Å²) in [6.45, 7) is 15.6. The van der Waals surface area contributed by atoms with Crippen molar-refractivity contribution in [3.05, 3.63) is 124 Å². The fourth-order valence-electron chi connectivity index (χ4n) is 12.5. The number of amides is 3. The number of carbonyl (C=O) groups is 4. The van der Waals surface area contributed by atoms with Gasteiger partial charge in [0.15, 0.2) is 10.8 Å². The molecule has 2 atom stereocenters. The number of thiazole rings is 1. The molecule has 4 aromatic carbocycles. The van der Waals surface area contributed by atoms with Crippen molar-refractivity contribution in [1.29, 1.82) is 0 Å². The molecule has 1 unspecified atom stereocenters. The van der Waals surface area contributed by atoms with Gasteiger partial charge in [0.1, 0.15) is 11.6 Å². The Morgan fingerprint density at radius 1 is 0.896 bits per heavy atom. The summed E-state index contributed by atoms with van der Waals surface area (Å²) in [6, 6.07) is 28.3. The third-order valence-corrected chi connectivity index (χ3v) is 17.6. The van der Waals surface area contributed by atoms with E-state index >= 15 is 0 Å². The van der Waals surface area contributed by atoms with E-state index in [0.717, 1.165) is 124 Å². The van der Waals surface area contributed by atoms with Crippen LogP contribution < -0.4 is 25.2 Å². The second kappa shape index (κ2) is 21.3. The number of pyridine rings is 1. The molecule has 3 aliphatic heterocycles. The molecule has 16 heteroatoms. The van der Waals surface area contributed by atoms with E-state index in [0.29, 0.717) is 66.4 Å². The minimum atomic E-state index is -1.09. The second-order valence-corrected chi connectivity index (χ2v) is 23.7. The van der Waals surface area contributed by atoms with Crippen LogP contribution in [0, 0.1) is 12.8 Å². The van der Waals surface area contributed by atoms with Gasteiger partial charge in [0.2, 0.25) is 11.8 Å². The molecule has 15 nitrogen and oxygen atoms in total. The third kappa shape index (κ3) is 10.5. The molecule has 0 spiro atoms. The number of anilines is 3. The smallest absolute Gasteiger partial charge is 0.355 e. The van der Waals surface area contributed by atoms with E-state index in [4.69, 9.17) is 14.8 Å². The summed E-state index contributed by atoms with van der Waals surface area (Å²) < 4.78 is 9.73. The molecule has 2 saturated heterocycles. The molecule has 3 aromatic heterocycles. The van der Waals surface area contributed by atoms with Gasteiger partial charge in [-0.15, -0.1) is 0 Å². The van der Waals surface area contributed by atoms with Gasteiger partial charge in [0.05, 0.1) is 39.1 Å². The monoisotopic (exact) mass is 1060 g/mol. The zero-order valence-corrected chi connectivity index (χ0v) is 45.8. The van der Waals surface area contributed by atoms with E-state index in [9.17, 15) is 24.3 Å². The summed E-state index contributed by atoms with van der Waals surface area (Å²) in [7, 11) is 1.95. The Morgan fingerprint density at radius 2 is 1.69 bits per heavy atom. The molecule has 77 heavy (non-hydrogen) atoms. The van der Waals surface area contributed by atoms with Gasteiger partial charge in [0, 0.05) is 68.7 Å². The highest BCUT2D eigenvalue weighted by Gasteiger charge is 2.35. The summed E-state index contributed by atoms with van der Waals surface area (Å²) >= 11 is 1.44. The number of fused-ring (bicyclic) bond motifs is 3. The number of aryl methyl sites for hydroxylation is 1. The molecule has 3 amide bonds. The van der Waals surface area contributed by atoms with Crippen molar-refractivity contribution in [1.82, 2.24) is 30.0 Å². The van der Waals surface area contributed by atoms with E-state index in [2.05, 4.69) is 82.3 Å². The Morgan fingerprint density at radius 3 is 2.45 bits per heavy atom. The molecule has 0 bridgehead atoms. The van der Waals surface area contributed by atoms with Crippen molar-refractivity contribution in [2.45, 2.75) is 122 Å². The number of piperazine rings is 1. The van der Waals surface area contributed by atoms with Crippen LogP contribution in [-0.4, -0.2) is 98.3 Å². The van der Waals surface area contributed by atoms with Crippen molar-refractivity contribution in [2.24, 2.45) is 13.0 Å². The van der Waals surface area contributed by atoms with Crippen LogP contribution >= 0.6 is 11.3 Å². The number of aromatic carboxylic acids is 1. The fraction of sp³-hybridized carbons (Fsp3) is 0.426. The van der Waals surface area contributed by atoms with E-state index in [-0.39, 0.29) is 29.5 Å². The lowest BCUT2D eigenvalue weighted by Gasteiger charge is -2.41. The molecule has 3 fully saturated rings. The van der Waals surface area contributed by atoms with Gasteiger partial charge in [-0.25, -0.2) is 14.8 Å². The number of carbonyl (C=O) groups excluding carboxylic acids is 3. The summed E-state index contributed by atoms with van der Waals surface area (Å²) in [5.41, 5.74) is 9.06. The van der Waals surface area contributed by atoms with Crippen LogP contribution in [0.1, 0.15) is 134 Å². The number of piperidine rings is 1. The maximum Gasteiger partial charge on any atom is 0.355 e. The number of benzene rings is 4. The topological polar surface area (TPSA) is 175 Å². The normalized spacial score (nSPS) is 20.3. The maximum absolute atomic E-state index is 13.9. The first-order valence-electron chi connectivity index (χ1n) is 27.4. The average molecular weight is 1060 g/mol. The highest BCUT2D eigenvalue weighted by molar-refractivity contribution is 7.22. The zero-order chi connectivity index (χ0) is 53.7. The van der Waals surface area contributed by atoms with Crippen molar-refractivity contribution in [2.75, 3.05) is 47.8 Å². The van der Waals surface area contributed by atoms with Gasteiger partial charge in [-0.05, 0) is 147 Å². The van der Waals surface area contributed by atoms with E-state index in [1.807, 2.05) is 79.3 Å². The lowest BCUT2D eigenvalue weighted by molar-refractivity contribution is -0.134. The standard InChI is InChI=1S/C61H69N9O6S/c1-36-34-69(48-19-10-17-43-54(66-67(6)56(43)48)44-26-27-52(71)64-58(44)73)32-31-68(36)29-12-13-38-22-24-40(25-23-38)76-49-20-11-15-41(37(49)2)53-46(61(3,4)5)33-51(63-55(53)59(74)75)70-30-28-39-14-9-16-42(45(39)35-70)57(72)65-60-62-47-18-7-8-21-50(47)77-60/h7-11,14-21,33,36,38,40,44H,12-13,22-32,34-35H2,1-6H3,(H,74,75)(H,62,65,72)(H,64,71,73)/t36-,38?,40?,44?/m1/s1. The second-order valence-electron chi connectivity index (χ2n) is 22.7. The zero-order valence-electron chi connectivity index (χ0n) is 45.0. The quantitative estimate of drug-likeness (QED) is 0.0934. The molecule has 1 saturated carbocycles. The van der Waals surface area contributed by atoms with Gasteiger partial charge in [0.25, 0.3) is 5.91 Å². The number of hydrogen-bond acceptors (Lipinski definition) is 12. The first-order valence-corrected chi connectivity index (χ1v) is 28.3. The predicted octanol–water partition coefficient (Wildman–Crippen LogP) is 10.8. The molecular formula is C61H69N9O6S. The SMILES string of the molecule is Cc1c(OC2CCC(CCCN3CCN(c4cccc5c(C6CCC(=O)NC6=O)nn(C)c45)C[C@H]3C)CC2)cccc1-c1c(C(C)(C)C)cc(N2CCc3cccc(C(=O)Nc4nc5ccccc5s4)c3C2)nc1C(=O)O. The van der Waals surface area contributed by atoms with Crippen LogP contribution in [-0.2, 0) is 35.0 Å². The van der Waals surface area contributed by atoms with Gasteiger partial charge >= 0.3 is 5.97 Å². The maximum atomic E-state index is 13.9. The van der Waals surface area contributed by atoms with Crippen molar-refractivity contribution in [3.63, 3.8) is 0 Å². The molecule has 3 N–H and O–H groups in total. The molecule has 6 heterocycles. The van der Waals surface area contributed by atoms with Crippen molar-refractivity contribution >= 4 is 72.8 Å². The third-order valence-electron chi connectivity index (χ3n) is 16.6. The first-order chi connectivity index (χ1) is 37.1. The van der Waals surface area contributed by atoms with Crippen LogP contribution in [0.5, 0.6) is 5.75 Å². The molecular weight excluding hydrogens is 987 g/mol. The van der Waals surface area contributed by atoms with Crippen molar-refractivity contribution < 1.29 is 29.0 Å². The lowest BCUT2D eigenvalue weighted by Crippen LogP contribution is -2.52.